The third-order valence-electron chi connectivity index (χ3n) is 5.81. The van der Waals surface area contributed by atoms with Crippen molar-refractivity contribution in [3.05, 3.63) is 46.5 Å². The molecule has 1 amide bonds. The van der Waals surface area contributed by atoms with Crippen molar-refractivity contribution in [1.82, 2.24) is 15.5 Å². The molecule has 0 bridgehead atoms. The predicted octanol–water partition coefficient (Wildman–Crippen LogP) is 3.44. The zero-order valence-electron chi connectivity index (χ0n) is 15.0. The average molecular weight is 361 g/mol. The smallest absolute Gasteiger partial charge is 0.255 e. The van der Waals surface area contributed by atoms with Crippen LogP contribution in [0.25, 0.3) is 0 Å². The lowest BCUT2D eigenvalue weighted by Gasteiger charge is -2.42. The molecule has 1 aromatic carbocycles. The number of carbonyl (C=O) groups excluding carboxylic acids is 1. The standard InChI is InChI=1S/C20H25F2N3O/c1-12-7-8-16(21)14(9-12)18-17(22)10-15-19(24-18)23-11-25(20(15)26)13-5-3-2-4-6-13/h7-9,13,17-18,23-24H,2-6,10-11H2,1H3/t17-,18-/m0/s1. The van der Waals surface area contributed by atoms with E-state index in [1.807, 2.05) is 11.8 Å². The summed E-state index contributed by atoms with van der Waals surface area (Å²) in [5.74, 6) is 0.0524. The molecule has 0 saturated heterocycles. The van der Waals surface area contributed by atoms with Gasteiger partial charge in [-0.05, 0) is 25.8 Å². The fourth-order valence-corrected chi connectivity index (χ4v) is 4.37. The molecule has 0 aromatic heterocycles. The number of halogens is 2. The molecule has 4 nitrogen and oxygen atoms in total. The molecular weight excluding hydrogens is 336 g/mol. The van der Waals surface area contributed by atoms with Gasteiger partial charge in [0, 0.05) is 18.0 Å². The van der Waals surface area contributed by atoms with Crippen LogP contribution in [0.3, 0.4) is 0 Å². The number of hydrogen-bond acceptors (Lipinski definition) is 3. The maximum absolute atomic E-state index is 14.9. The van der Waals surface area contributed by atoms with Crippen LogP contribution < -0.4 is 10.6 Å². The lowest BCUT2D eigenvalue weighted by Crippen LogP contribution is -2.55. The van der Waals surface area contributed by atoms with Crippen LogP contribution in [0, 0.1) is 12.7 Å². The van der Waals surface area contributed by atoms with Crippen molar-refractivity contribution in [2.24, 2.45) is 0 Å². The van der Waals surface area contributed by atoms with Crippen molar-refractivity contribution in [3.63, 3.8) is 0 Å². The SMILES string of the molecule is Cc1ccc(F)c([C@@H]2NC3=C(C[C@@H]2F)C(=O)N(C2CCCCC2)CN3)c1. The van der Waals surface area contributed by atoms with Gasteiger partial charge in [-0.1, -0.05) is 37.0 Å². The van der Waals surface area contributed by atoms with Crippen molar-refractivity contribution < 1.29 is 13.6 Å². The van der Waals surface area contributed by atoms with Gasteiger partial charge >= 0.3 is 0 Å². The van der Waals surface area contributed by atoms with Crippen LogP contribution in [-0.4, -0.2) is 29.7 Å². The molecule has 140 valence electrons. The molecule has 4 rings (SSSR count). The summed E-state index contributed by atoms with van der Waals surface area (Å²) in [6.07, 6.45) is 4.19. The van der Waals surface area contributed by atoms with Gasteiger partial charge in [-0.3, -0.25) is 4.79 Å². The summed E-state index contributed by atoms with van der Waals surface area (Å²) >= 11 is 0. The molecule has 3 aliphatic rings. The van der Waals surface area contributed by atoms with E-state index in [9.17, 15) is 13.6 Å². The molecule has 0 radical (unpaired) electrons. The summed E-state index contributed by atoms with van der Waals surface area (Å²) in [6, 6.07) is 4.17. The Morgan fingerprint density at radius 3 is 2.73 bits per heavy atom. The second-order valence-corrected chi connectivity index (χ2v) is 7.62. The van der Waals surface area contributed by atoms with Crippen LogP contribution in [0.2, 0.25) is 0 Å². The number of alkyl halides is 1. The molecule has 6 heteroatoms. The molecule has 26 heavy (non-hydrogen) atoms. The third kappa shape index (κ3) is 3.06. The van der Waals surface area contributed by atoms with E-state index in [0.29, 0.717) is 23.6 Å². The summed E-state index contributed by atoms with van der Waals surface area (Å²) in [5, 5.41) is 6.29. The van der Waals surface area contributed by atoms with Crippen LogP contribution in [-0.2, 0) is 4.79 Å². The Hall–Kier alpha value is -2.11. The summed E-state index contributed by atoms with van der Waals surface area (Å²) in [7, 11) is 0. The Bertz CT molecular complexity index is 743. The van der Waals surface area contributed by atoms with E-state index in [1.54, 1.807) is 12.1 Å². The first-order valence-corrected chi connectivity index (χ1v) is 9.49. The van der Waals surface area contributed by atoms with Crippen molar-refractivity contribution in [3.8, 4) is 0 Å². The van der Waals surface area contributed by atoms with Gasteiger partial charge in [0.2, 0.25) is 0 Å². The monoisotopic (exact) mass is 361 g/mol. The first-order chi connectivity index (χ1) is 12.5. The van der Waals surface area contributed by atoms with Gasteiger partial charge in [0.15, 0.2) is 0 Å². The van der Waals surface area contributed by atoms with Gasteiger partial charge in [0.1, 0.15) is 17.8 Å². The maximum atomic E-state index is 14.9. The number of rotatable bonds is 2. The van der Waals surface area contributed by atoms with E-state index in [0.717, 1.165) is 31.2 Å². The third-order valence-corrected chi connectivity index (χ3v) is 5.81. The predicted molar refractivity (Wildman–Crippen MR) is 95.3 cm³/mol. The Labute approximate surface area is 152 Å². The van der Waals surface area contributed by atoms with Gasteiger partial charge in [-0.25, -0.2) is 8.78 Å². The molecule has 2 N–H and O–H groups in total. The van der Waals surface area contributed by atoms with Gasteiger partial charge < -0.3 is 15.5 Å². The number of hydrogen-bond donors (Lipinski definition) is 2. The Morgan fingerprint density at radius 2 is 1.96 bits per heavy atom. The fourth-order valence-electron chi connectivity index (χ4n) is 4.37. The Kier molecular flexibility index (Phi) is 4.59. The van der Waals surface area contributed by atoms with Crippen molar-refractivity contribution in [2.45, 2.75) is 63.7 Å². The summed E-state index contributed by atoms with van der Waals surface area (Å²) in [4.78, 5) is 14.8. The van der Waals surface area contributed by atoms with Gasteiger partial charge in [-0.2, -0.15) is 0 Å². The lowest BCUT2D eigenvalue weighted by atomic mass is 9.89. The highest BCUT2D eigenvalue weighted by Crippen LogP contribution is 2.35. The van der Waals surface area contributed by atoms with Gasteiger partial charge in [0.05, 0.1) is 18.3 Å². The highest BCUT2D eigenvalue weighted by Gasteiger charge is 2.40. The molecule has 1 fully saturated rings. The number of benzene rings is 1. The van der Waals surface area contributed by atoms with Crippen LogP contribution in [0.15, 0.2) is 29.6 Å². The second kappa shape index (κ2) is 6.89. The number of nitrogens with one attached hydrogen (secondary N) is 2. The molecule has 1 aliphatic carbocycles. The van der Waals surface area contributed by atoms with Gasteiger partial charge in [-0.15, -0.1) is 0 Å². The van der Waals surface area contributed by atoms with E-state index in [-0.39, 0.29) is 18.4 Å². The van der Waals surface area contributed by atoms with Crippen LogP contribution in [0.1, 0.15) is 55.7 Å². The maximum Gasteiger partial charge on any atom is 0.255 e. The number of carbonyl (C=O) groups is 1. The highest BCUT2D eigenvalue weighted by molar-refractivity contribution is 5.95. The van der Waals surface area contributed by atoms with Crippen molar-refractivity contribution in [1.29, 1.82) is 0 Å². The summed E-state index contributed by atoms with van der Waals surface area (Å²) in [6.45, 7) is 2.28. The first-order valence-electron chi connectivity index (χ1n) is 9.49. The van der Waals surface area contributed by atoms with E-state index >= 15 is 0 Å². The quantitative estimate of drug-likeness (QED) is 0.848. The zero-order chi connectivity index (χ0) is 18.3. The Balaban J connectivity index is 1.57. The van der Waals surface area contributed by atoms with Gasteiger partial charge in [0.25, 0.3) is 5.91 Å². The molecule has 2 heterocycles. The minimum Gasteiger partial charge on any atom is -0.362 e. The second-order valence-electron chi connectivity index (χ2n) is 7.62. The largest absolute Gasteiger partial charge is 0.362 e. The molecule has 2 atom stereocenters. The first kappa shape index (κ1) is 17.3. The zero-order valence-corrected chi connectivity index (χ0v) is 15.0. The normalized spacial score (nSPS) is 27.0. The molecule has 1 saturated carbocycles. The van der Waals surface area contributed by atoms with E-state index in [1.165, 1.54) is 12.5 Å². The summed E-state index contributed by atoms with van der Waals surface area (Å²) in [5.41, 5.74) is 1.65. The van der Waals surface area contributed by atoms with Crippen LogP contribution in [0.4, 0.5) is 8.78 Å². The lowest BCUT2D eigenvalue weighted by molar-refractivity contribution is -0.132. The number of aryl methyl sites for hydroxylation is 1. The molecule has 0 unspecified atom stereocenters. The minimum atomic E-state index is -1.35. The average Bonchev–Trinajstić information content (AvgIpc) is 2.65. The van der Waals surface area contributed by atoms with Crippen molar-refractivity contribution >= 4 is 5.91 Å². The van der Waals surface area contributed by atoms with Crippen LogP contribution in [0.5, 0.6) is 0 Å². The highest BCUT2D eigenvalue weighted by atomic mass is 19.1. The summed E-state index contributed by atoms with van der Waals surface area (Å²) < 4.78 is 29.1. The minimum absolute atomic E-state index is 0.00936. The fraction of sp³-hybridized carbons (Fsp3) is 0.550. The Morgan fingerprint density at radius 1 is 1.19 bits per heavy atom. The molecule has 2 aliphatic heterocycles. The number of amides is 1. The van der Waals surface area contributed by atoms with E-state index in [4.69, 9.17) is 0 Å². The van der Waals surface area contributed by atoms with Crippen LogP contribution >= 0.6 is 0 Å². The number of nitrogens with zero attached hydrogens (tertiary/aromatic N) is 1. The molecular formula is C20H25F2N3O. The molecule has 0 spiro atoms. The topological polar surface area (TPSA) is 44.4 Å². The molecule has 1 aromatic rings. The van der Waals surface area contributed by atoms with Crippen molar-refractivity contribution in [2.75, 3.05) is 6.67 Å². The van der Waals surface area contributed by atoms with E-state index in [2.05, 4.69) is 10.6 Å². The van der Waals surface area contributed by atoms with E-state index < -0.39 is 18.0 Å².